The second-order valence-electron chi connectivity index (χ2n) is 6.26. The standard InChI is InChI=1S/C21H22N2O3/c1-15(2)25-18-10-8-17(9-11-18)20-14-19(23-26-20)21(24)22-13-12-16-6-4-3-5-7-16/h3-11,14-15H,12-13H2,1-2H3,(H,22,24). The number of nitrogens with zero attached hydrogens (tertiary/aromatic N) is 1. The molecule has 1 aromatic heterocycles. The Morgan fingerprint density at radius 3 is 2.54 bits per heavy atom. The zero-order valence-corrected chi connectivity index (χ0v) is 14.9. The maximum atomic E-state index is 12.2. The molecule has 0 aliphatic rings. The largest absolute Gasteiger partial charge is 0.491 e. The smallest absolute Gasteiger partial charge is 0.273 e. The van der Waals surface area contributed by atoms with Crippen LogP contribution in [0.5, 0.6) is 5.75 Å². The molecule has 0 fully saturated rings. The molecule has 0 radical (unpaired) electrons. The third-order valence-corrected chi connectivity index (χ3v) is 3.80. The Labute approximate surface area is 153 Å². The Balaban J connectivity index is 1.57. The van der Waals surface area contributed by atoms with Crippen LogP contribution in [0.3, 0.4) is 0 Å². The lowest BCUT2D eigenvalue weighted by Crippen LogP contribution is -2.25. The van der Waals surface area contributed by atoms with Gasteiger partial charge in [0.2, 0.25) is 0 Å². The van der Waals surface area contributed by atoms with Crippen molar-refractivity contribution >= 4 is 5.91 Å². The summed E-state index contributed by atoms with van der Waals surface area (Å²) < 4.78 is 10.9. The van der Waals surface area contributed by atoms with Gasteiger partial charge in [-0.25, -0.2) is 0 Å². The number of ether oxygens (including phenoxy) is 1. The minimum atomic E-state index is -0.240. The lowest BCUT2D eigenvalue weighted by Gasteiger charge is -2.09. The highest BCUT2D eigenvalue weighted by Gasteiger charge is 2.13. The van der Waals surface area contributed by atoms with Crippen LogP contribution in [0, 0.1) is 0 Å². The van der Waals surface area contributed by atoms with Crippen LogP contribution in [-0.2, 0) is 6.42 Å². The van der Waals surface area contributed by atoms with Crippen LogP contribution in [0.2, 0.25) is 0 Å². The van der Waals surface area contributed by atoms with E-state index in [1.165, 1.54) is 5.56 Å². The Hall–Kier alpha value is -3.08. The van der Waals surface area contributed by atoms with Gasteiger partial charge in [-0.05, 0) is 50.1 Å². The van der Waals surface area contributed by atoms with Gasteiger partial charge < -0.3 is 14.6 Å². The monoisotopic (exact) mass is 350 g/mol. The molecule has 134 valence electrons. The molecule has 0 saturated heterocycles. The lowest BCUT2D eigenvalue weighted by atomic mass is 10.1. The number of amides is 1. The zero-order valence-electron chi connectivity index (χ0n) is 14.9. The fraction of sp³-hybridized carbons (Fsp3) is 0.238. The molecular weight excluding hydrogens is 328 g/mol. The Morgan fingerprint density at radius 2 is 1.85 bits per heavy atom. The number of nitrogens with one attached hydrogen (secondary N) is 1. The first kappa shape index (κ1) is 17.7. The van der Waals surface area contributed by atoms with Crippen LogP contribution in [0.1, 0.15) is 29.9 Å². The molecule has 0 unspecified atom stereocenters. The number of hydrogen-bond acceptors (Lipinski definition) is 4. The lowest BCUT2D eigenvalue weighted by molar-refractivity contribution is 0.0945. The number of carbonyl (C=O) groups is 1. The van der Waals surface area contributed by atoms with E-state index in [2.05, 4.69) is 10.5 Å². The van der Waals surface area contributed by atoms with E-state index in [4.69, 9.17) is 9.26 Å². The van der Waals surface area contributed by atoms with Crippen molar-refractivity contribution in [3.05, 3.63) is 71.9 Å². The molecule has 0 aliphatic heterocycles. The Morgan fingerprint density at radius 1 is 1.12 bits per heavy atom. The quantitative estimate of drug-likeness (QED) is 0.697. The fourth-order valence-corrected chi connectivity index (χ4v) is 2.54. The average Bonchev–Trinajstić information content (AvgIpc) is 3.13. The third kappa shape index (κ3) is 4.72. The minimum absolute atomic E-state index is 0.123. The van der Waals surface area contributed by atoms with Crippen LogP contribution < -0.4 is 10.1 Å². The first-order valence-electron chi connectivity index (χ1n) is 8.68. The minimum Gasteiger partial charge on any atom is -0.491 e. The van der Waals surface area contributed by atoms with Crippen molar-refractivity contribution in [3.8, 4) is 17.1 Å². The molecule has 3 rings (SSSR count). The van der Waals surface area contributed by atoms with E-state index >= 15 is 0 Å². The van der Waals surface area contributed by atoms with E-state index in [-0.39, 0.29) is 17.7 Å². The number of benzene rings is 2. The van der Waals surface area contributed by atoms with Crippen LogP contribution in [0.4, 0.5) is 0 Å². The van der Waals surface area contributed by atoms with Crippen molar-refractivity contribution in [1.29, 1.82) is 0 Å². The SMILES string of the molecule is CC(C)Oc1ccc(-c2cc(C(=O)NCCc3ccccc3)no2)cc1. The van der Waals surface area contributed by atoms with Crippen LogP contribution in [-0.4, -0.2) is 23.7 Å². The summed E-state index contributed by atoms with van der Waals surface area (Å²) in [6.45, 7) is 4.51. The molecule has 0 saturated carbocycles. The van der Waals surface area contributed by atoms with Gasteiger partial charge in [0.25, 0.3) is 5.91 Å². The predicted molar refractivity (Wildman–Crippen MR) is 100 cm³/mol. The molecule has 1 amide bonds. The van der Waals surface area contributed by atoms with Gasteiger partial charge in [-0.1, -0.05) is 35.5 Å². The highest BCUT2D eigenvalue weighted by Crippen LogP contribution is 2.23. The van der Waals surface area contributed by atoms with Crippen molar-refractivity contribution in [1.82, 2.24) is 10.5 Å². The Kier molecular flexibility index (Phi) is 5.69. The predicted octanol–water partition coefficient (Wildman–Crippen LogP) is 4.10. The summed E-state index contributed by atoms with van der Waals surface area (Å²) in [5, 5.41) is 6.73. The highest BCUT2D eigenvalue weighted by molar-refractivity contribution is 5.93. The molecule has 1 heterocycles. The van der Waals surface area contributed by atoms with Gasteiger partial charge in [0, 0.05) is 18.2 Å². The van der Waals surface area contributed by atoms with Crippen molar-refractivity contribution in [3.63, 3.8) is 0 Å². The fourth-order valence-electron chi connectivity index (χ4n) is 2.54. The first-order chi connectivity index (χ1) is 12.6. The molecule has 0 spiro atoms. The van der Waals surface area contributed by atoms with Gasteiger partial charge in [-0.15, -0.1) is 0 Å². The van der Waals surface area contributed by atoms with Crippen LogP contribution >= 0.6 is 0 Å². The zero-order chi connectivity index (χ0) is 18.4. The number of hydrogen-bond donors (Lipinski definition) is 1. The first-order valence-corrected chi connectivity index (χ1v) is 8.68. The summed E-state index contributed by atoms with van der Waals surface area (Å²) >= 11 is 0. The maximum Gasteiger partial charge on any atom is 0.273 e. The topological polar surface area (TPSA) is 64.4 Å². The van der Waals surface area contributed by atoms with E-state index < -0.39 is 0 Å². The van der Waals surface area contributed by atoms with Crippen LogP contribution in [0.25, 0.3) is 11.3 Å². The van der Waals surface area contributed by atoms with Gasteiger partial charge in [0.15, 0.2) is 11.5 Å². The molecular formula is C21H22N2O3. The Bertz CT molecular complexity index is 839. The number of carbonyl (C=O) groups excluding carboxylic acids is 1. The van der Waals surface area contributed by atoms with E-state index in [1.54, 1.807) is 6.07 Å². The number of aromatic nitrogens is 1. The summed E-state index contributed by atoms with van der Waals surface area (Å²) in [4.78, 5) is 12.2. The summed E-state index contributed by atoms with van der Waals surface area (Å²) in [5.74, 6) is 1.10. The summed E-state index contributed by atoms with van der Waals surface area (Å²) in [6.07, 6.45) is 0.895. The maximum absolute atomic E-state index is 12.2. The van der Waals surface area contributed by atoms with Gasteiger partial charge in [0.05, 0.1) is 6.10 Å². The third-order valence-electron chi connectivity index (χ3n) is 3.80. The molecule has 2 aromatic carbocycles. The van der Waals surface area contributed by atoms with E-state index in [0.29, 0.717) is 12.3 Å². The summed E-state index contributed by atoms with van der Waals surface area (Å²) in [5.41, 5.74) is 2.30. The second-order valence-corrected chi connectivity index (χ2v) is 6.26. The molecule has 5 nitrogen and oxygen atoms in total. The average molecular weight is 350 g/mol. The van der Waals surface area contributed by atoms with Crippen molar-refractivity contribution in [2.75, 3.05) is 6.54 Å². The molecule has 0 atom stereocenters. The summed E-state index contributed by atoms with van der Waals surface area (Å²) in [6, 6.07) is 19.2. The van der Waals surface area contributed by atoms with E-state index in [0.717, 1.165) is 17.7 Å². The van der Waals surface area contributed by atoms with E-state index in [9.17, 15) is 4.79 Å². The molecule has 0 aliphatic carbocycles. The van der Waals surface area contributed by atoms with Gasteiger partial charge in [0.1, 0.15) is 5.75 Å². The van der Waals surface area contributed by atoms with Crippen molar-refractivity contribution < 1.29 is 14.1 Å². The van der Waals surface area contributed by atoms with Crippen LogP contribution in [0.15, 0.2) is 65.2 Å². The van der Waals surface area contributed by atoms with Gasteiger partial charge in [-0.2, -0.15) is 0 Å². The highest BCUT2D eigenvalue weighted by atomic mass is 16.5. The molecule has 26 heavy (non-hydrogen) atoms. The summed E-state index contributed by atoms with van der Waals surface area (Å²) in [7, 11) is 0. The normalized spacial score (nSPS) is 10.7. The van der Waals surface area contributed by atoms with Crippen molar-refractivity contribution in [2.45, 2.75) is 26.4 Å². The molecule has 0 bridgehead atoms. The second kappa shape index (κ2) is 8.34. The van der Waals surface area contributed by atoms with E-state index in [1.807, 2.05) is 68.4 Å². The van der Waals surface area contributed by atoms with Gasteiger partial charge >= 0.3 is 0 Å². The molecule has 1 N–H and O–H groups in total. The van der Waals surface area contributed by atoms with Gasteiger partial charge in [-0.3, -0.25) is 4.79 Å². The number of rotatable bonds is 7. The molecule has 5 heteroatoms. The molecule has 3 aromatic rings. The van der Waals surface area contributed by atoms with Crippen molar-refractivity contribution in [2.24, 2.45) is 0 Å².